The molecule has 0 aliphatic heterocycles. The van der Waals surface area contributed by atoms with Gasteiger partial charge in [0, 0.05) is 9.17 Å². The molecule has 4 heteroatoms. The number of hydrogen-bond acceptors (Lipinski definition) is 3. The minimum atomic E-state index is 0.573. The Kier molecular flexibility index (Phi) is 6.91. The number of benzene rings is 2. The van der Waals surface area contributed by atoms with E-state index in [9.17, 15) is 0 Å². The first kappa shape index (κ1) is 18.4. The highest BCUT2D eigenvalue weighted by Gasteiger charge is 2.11. The van der Waals surface area contributed by atoms with Gasteiger partial charge in [-0.15, -0.1) is 11.3 Å². The molecule has 0 bridgehead atoms. The van der Waals surface area contributed by atoms with Crippen molar-refractivity contribution >= 4 is 37.4 Å². The van der Waals surface area contributed by atoms with E-state index in [0.29, 0.717) is 5.92 Å². The van der Waals surface area contributed by atoms with Gasteiger partial charge >= 0.3 is 0 Å². The number of rotatable bonds is 9. The topological polar surface area (TPSA) is 21.3 Å². The van der Waals surface area contributed by atoms with Gasteiger partial charge in [0.2, 0.25) is 0 Å². The van der Waals surface area contributed by atoms with Crippen LogP contribution in [0.15, 0.2) is 58.4 Å². The fraction of sp³-hybridized carbons (Fsp3) is 0.333. The molecular weight excluding hydrogens is 394 g/mol. The molecule has 0 spiro atoms. The largest absolute Gasteiger partial charge is 0.494 e. The lowest BCUT2D eigenvalue weighted by Gasteiger charge is -2.18. The number of halogens is 1. The molecule has 0 saturated carbocycles. The van der Waals surface area contributed by atoms with Gasteiger partial charge < -0.3 is 10.1 Å². The molecular formula is C21H24BrNOS. The van der Waals surface area contributed by atoms with E-state index in [1.807, 2.05) is 7.05 Å². The summed E-state index contributed by atoms with van der Waals surface area (Å²) >= 11 is 5.28. The third-order valence-corrected chi connectivity index (χ3v) is 5.89. The molecule has 25 heavy (non-hydrogen) atoms. The predicted octanol–water partition coefficient (Wildman–Crippen LogP) is 6.22. The Balaban J connectivity index is 1.52. The quantitative estimate of drug-likeness (QED) is 0.417. The molecule has 0 fully saturated rings. The summed E-state index contributed by atoms with van der Waals surface area (Å²) in [5.74, 6) is 1.55. The van der Waals surface area contributed by atoms with Gasteiger partial charge in [-0.05, 0) is 91.5 Å². The molecule has 0 aliphatic rings. The zero-order valence-corrected chi connectivity index (χ0v) is 16.9. The van der Waals surface area contributed by atoms with Crippen molar-refractivity contribution < 1.29 is 4.74 Å². The Morgan fingerprint density at radius 2 is 1.92 bits per heavy atom. The van der Waals surface area contributed by atoms with E-state index < -0.39 is 0 Å². The van der Waals surface area contributed by atoms with Crippen LogP contribution in [0.3, 0.4) is 0 Å². The minimum Gasteiger partial charge on any atom is -0.494 e. The van der Waals surface area contributed by atoms with Gasteiger partial charge in [-0.2, -0.15) is 0 Å². The Morgan fingerprint density at radius 3 is 2.72 bits per heavy atom. The SMILES string of the molecule is CNCCC(CCCOc1ccc2ccsc2c1)c1ccc(Br)cc1. The smallest absolute Gasteiger partial charge is 0.120 e. The second kappa shape index (κ2) is 9.37. The van der Waals surface area contributed by atoms with Crippen LogP contribution < -0.4 is 10.1 Å². The first-order valence-corrected chi connectivity index (χ1v) is 10.4. The summed E-state index contributed by atoms with van der Waals surface area (Å²) in [6.07, 6.45) is 3.36. The summed E-state index contributed by atoms with van der Waals surface area (Å²) in [6, 6.07) is 17.2. The Hall–Kier alpha value is -1.36. The van der Waals surface area contributed by atoms with Gasteiger partial charge in [-0.3, -0.25) is 0 Å². The minimum absolute atomic E-state index is 0.573. The van der Waals surface area contributed by atoms with E-state index in [2.05, 4.69) is 75.2 Å². The van der Waals surface area contributed by atoms with Gasteiger partial charge in [0.1, 0.15) is 5.75 Å². The Labute approximate surface area is 162 Å². The van der Waals surface area contributed by atoms with Gasteiger partial charge in [0.25, 0.3) is 0 Å². The van der Waals surface area contributed by atoms with Crippen LogP contribution in [0, 0.1) is 0 Å². The molecule has 1 N–H and O–H groups in total. The average molecular weight is 418 g/mol. The summed E-state index contributed by atoms with van der Waals surface area (Å²) in [7, 11) is 2.02. The summed E-state index contributed by atoms with van der Waals surface area (Å²) in [5, 5.41) is 6.69. The molecule has 132 valence electrons. The maximum absolute atomic E-state index is 5.98. The fourth-order valence-electron chi connectivity index (χ4n) is 3.08. The van der Waals surface area contributed by atoms with Crippen LogP contribution in [0.4, 0.5) is 0 Å². The molecule has 1 aromatic heterocycles. The molecule has 1 heterocycles. The zero-order chi connectivity index (χ0) is 17.5. The number of hydrogen-bond donors (Lipinski definition) is 1. The summed E-state index contributed by atoms with van der Waals surface area (Å²) < 4.78 is 8.40. The van der Waals surface area contributed by atoms with Crippen molar-refractivity contribution in [3.8, 4) is 5.75 Å². The van der Waals surface area contributed by atoms with Crippen molar-refractivity contribution in [3.63, 3.8) is 0 Å². The maximum atomic E-state index is 5.98. The molecule has 0 radical (unpaired) electrons. The van der Waals surface area contributed by atoms with Crippen LogP contribution in [-0.2, 0) is 0 Å². The predicted molar refractivity (Wildman–Crippen MR) is 112 cm³/mol. The second-order valence-corrected chi connectivity index (χ2v) is 8.11. The highest BCUT2D eigenvalue weighted by atomic mass is 79.9. The molecule has 2 aromatic carbocycles. The van der Waals surface area contributed by atoms with Crippen LogP contribution in [0.5, 0.6) is 5.75 Å². The van der Waals surface area contributed by atoms with Crippen LogP contribution in [-0.4, -0.2) is 20.2 Å². The average Bonchev–Trinajstić information content (AvgIpc) is 3.10. The molecule has 3 rings (SSSR count). The van der Waals surface area contributed by atoms with Crippen molar-refractivity contribution in [2.24, 2.45) is 0 Å². The van der Waals surface area contributed by atoms with Crippen molar-refractivity contribution in [1.82, 2.24) is 5.32 Å². The molecule has 1 atom stereocenters. The van der Waals surface area contributed by atoms with Crippen molar-refractivity contribution in [3.05, 3.63) is 63.9 Å². The van der Waals surface area contributed by atoms with E-state index in [4.69, 9.17) is 4.74 Å². The lowest BCUT2D eigenvalue weighted by atomic mass is 9.91. The number of nitrogens with one attached hydrogen (secondary N) is 1. The number of fused-ring (bicyclic) bond motifs is 1. The molecule has 0 aliphatic carbocycles. The summed E-state index contributed by atoms with van der Waals surface area (Å²) in [5.41, 5.74) is 1.42. The molecule has 2 nitrogen and oxygen atoms in total. The third-order valence-electron chi connectivity index (χ3n) is 4.48. The lowest BCUT2D eigenvalue weighted by molar-refractivity contribution is 0.300. The van der Waals surface area contributed by atoms with E-state index >= 15 is 0 Å². The number of ether oxygens (including phenoxy) is 1. The standard InChI is InChI=1S/C21H24BrNOS/c1-23-12-10-16(17-4-7-19(22)8-5-17)3-2-13-24-20-9-6-18-11-14-25-21(18)15-20/h4-9,11,14-16,23H,2-3,10,12-13H2,1H3. The Bertz CT molecular complexity index is 784. The van der Waals surface area contributed by atoms with Crippen LogP contribution in [0.25, 0.3) is 10.1 Å². The molecule has 0 amide bonds. The van der Waals surface area contributed by atoms with Gasteiger partial charge in [-0.1, -0.05) is 28.1 Å². The zero-order valence-electron chi connectivity index (χ0n) is 14.5. The van der Waals surface area contributed by atoms with Crippen molar-refractivity contribution in [2.75, 3.05) is 20.2 Å². The number of thiophene rings is 1. The molecule has 0 saturated heterocycles. The van der Waals surface area contributed by atoms with Gasteiger partial charge in [-0.25, -0.2) is 0 Å². The maximum Gasteiger partial charge on any atom is 0.120 e. The monoisotopic (exact) mass is 417 g/mol. The fourth-order valence-corrected chi connectivity index (χ4v) is 4.16. The van der Waals surface area contributed by atoms with Gasteiger partial charge in [0.05, 0.1) is 6.61 Å². The highest BCUT2D eigenvalue weighted by Crippen LogP contribution is 2.28. The van der Waals surface area contributed by atoms with Crippen molar-refractivity contribution in [1.29, 1.82) is 0 Å². The van der Waals surface area contributed by atoms with E-state index in [-0.39, 0.29) is 0 Å². The normalized spacial score (nSPS) is 12.4. The van der Waals surface area contributed by atoms with Crippen molar-refractivity contribution in [2.45, 2.75) is 25.2 Å². The first-order chi connectivity index (χ1) is 12.3. The summed E-state index contributed by atoms with van der Waals surface area (Å²) in [4.78, 5) is 0. The van der Waals surface area contributed by atoms with E-state index in [1.54, 1.807) is 11.3 Å². The molecule has 1 unspecified atom stereocenters. The highest BCUT2D eigenvalue weighted by molar-refractivity contribution is 9.10. The van der Waals surface area contributed by atoms with Crippen LogP contribution >= 0.6 is 27.3 Å². The molecule has 3 aromatic rings. The summed E-state index contributed by atoms with van der Waals surface area (Å²) in [6.45, 7) is 1.81. The van der Waals surface area contributed by atoms with Crippen LogP contribution in [0.2, 0.25) is 0 Å². The van der Waals surface area contributed by atoms with E-state index in [1.165, 1.54) is 15.6 Å². The third kappa shape index (κ3) is 5.30. The van der Waals surface area contributed by atoms with E-state index in [0.717, 1.165) is 42.6 Å². The van der Waals surface area contributed by atoms with Gasteiger partial charge in [0.15, 0.2) is 0 Å². The lowest BCUT2D eigenvalue weighted by Crippen LogP contribution is -2.13. The first-order valence-electron chi connectivity index (χ1n) is 8.76. The van der Waals surface area contributed by atoms with Crippen LogP contribution in [0.1, 0.15) is 30.7 Å². The second-order valence-electron chi connectivity index (χ2n) is 6.25. The Morgan fingerprint density at radius 1 is 1.08 bits per heavy atom.